The van der Waals surface area contributed by atoms with Crippen LogP contribution >= 0.6 is 23.2 Å². The standard InChI is InChI=1S/C13H9Cl2FO/c1-17-13-10(3-2-4-12(13)16)9-6-5-8(14)7-11(9)15/h2-7H,1H3. The molecule has 0 aromatic heterocycles. The maximum absolute atomic E-state index is 13.6. The smallest absolute Gasteiger partial charge is 0.165 e. The van der Waals surface area contributed by atoms with Gasteiger partial charge < -0.3 is 4.74 Å². The molecule has 0 N–H and O–H groups in total. The fourth-order valence-electron chi connectivity index (χ4n) is 1.64. The van der Waals surface area contributed by atoms with Gasteiger partial charge in [-0.25, -0.2) is 4.39 Å². The summed E-state index contributed by atoms with van der Waals surface area (Å²) in [5, 5.41) is 0.996. The molecule has 17 heavy (non-hydrogen) atoms. The van der Waals surface area contributed by atoms with E-state index in [1.807, 2.05) is 0 Å². The number of hydrogen-bond donors (Lipinski definition) is 0. The number of methoxy groups -OCH3 is 1. The second kappa shape index (κ2) is 4.94. The Labute approximate surface area is 109 Å². The zero-order valence-electron chi connectivity index (χ0n) is 9.01. The van der Waals surface area contributed by atoms with Crippen LogP contribution in [-0.2, 0) is 0 Å². The van der Waals surface area contributed by atoms with Crippen molar-refractivity contribution in [1.82, 2.24) is 0 Å². The summed E-state index contributed by atoms with van der Waals surface area (Å²) < 4.78 is 18.6. The summed E-state index contributed by atoms with van der Waals surface area (Å²) in [6.45, 7) is 0. The molecule has 0 bridgehead atoms. The highest BCUT2D eigenvalue weighted by Crippen LogP contribution is 2.37. The molecule has 4 heteroatoms. The van der Waals surface area contributed by atoms with Gasteiger partial charge in [-0.1, -0.05) is 41.4 Å². The minimum atomic E-state index is -0.420. The van der Waals surface area contributed by atoms with Crippen molar-refractivity contribution in [3.8, 4) is 16.9 Å². The van der Waals surface area contributed by atoms with Gasteiger partial charge in [0, 0.05) is 16.1 Å². The Morgan fingerprint density at radius 2 is 1.82 bits per heavy atom. The van der Waals surface area contributed by atoms with Crippen molar-refractivity contribution in [3.05, 3.63) is 52.3 Å². The zero-order chi connectivity index (χ0) is 12.4. The first kappa shape index (κ1) is 12.2. The number of benzene rings is 2. The molecule has 0 radical (unpaired) electrons. The van der Waals surface area contributed by atoms with E-state index in [9.17, 15) is 4.39 Å². The lowest BCUT2D eigenvalue weighted by Gasteiger charge is -2.10. The van der Waals surface area contributed by atoms with Crippen molar-refractivity contribution in [2.75, 3.05) is 7.11 Å². The third-order valence-electron chi connectivity index (χ3n) is 2.39. The summed E-state index contributed by atoms with van der Waals surface area (Å²) in [4.78, 5) is 0. The van der Waals surface area contributed by atoms with Crippen LogP contribution in [0.3, 0.4) is 0 Å². The van der Waals surface area contributed by atoms with E-state index in [4.69, 9.17) is 27.9 Å². The van der Waals surface area contributed by atoms with Gasteiger partial charge in [-0.2, -0.15) is 0 Å². The summed E-state index contributed by atoms with van der Waals surface area (Å²) in [6.07, 6.45) is 0. The van der Waals surface area contributed by atoms with Crippen LogP contribution in [0.4, 0.5) is 4.39 Å². The largest absolute Gasteiger partial charge is 0.493 e. The van der Waals surface area contributed by atoms with E-state index in [-0.39, 0.29) is 5.75 Å². The van der Waals surface area contributed by atoms with Gasteiger partial charge in [0.1, 0.15) is 0 Å². The van der Waals surface area contributed by atoms with Gasteiger partial charge >= 0.3 is 0 Å². The Hall–Kier alpha value is -1.25. The van der Waals surface area contributed by atoms with Gasteiger partial charge in [0.15, 0.2) is 11.6 Å². The van der Waals surface area contributed by atoms with Gasteiger partial charge in [0.05, 0.1) is 12.1 Å². The normalized spacial score (nSPS) is 10.4. The fourth-order valence-corrected chi connectivity index (χ4v) is 2.15. The molecule has 0 saturated carbocycles. The molecule has 2 rings (SSSR count). The molecule has 0 atom stereocenters. The van der Waals surface area contributed by atoms with E-state index >= 15 is 0 Å². The Bertz CT molecular complexity index is 555. The first-order chi connectivity index (χ1) is 8.13. The lowest BCUT2D eigenvalue weighted by atomic mass is 10.0. The second-order valence-corrected chi connectivity index (χ2v) is 4.29. The van der Waals surface area contributed by atoms with Crippen LogP contribution in [0.1, 0.15) is 0 Å². The van der Waals surface area contributed by atoms with Gasteiger partial charge in [0.25, 0.3) is 0 Å². The van der Waals surface area contributed by atoms with Crippen LogP contribution in [0.2, 0.25) is 10.0 Å². The lowest BCUT2D eigenvalue weighted by Crippen LogP contribution is -1.92. The fraction of sp³-hybridized carbons (Fsp3) is 0.0769. The quantitative estimate of drug-likeness (QED) is 0.761. The molecule has 1 nitrogen and oxygen atoms in total. The average Bonchev–Trinajstić information content (AvgIpc) is 2.29. The molecule has 0 heterocycles. The van der Waals surface area contributed by atoms with Crippen molar-refractivity contribution in [2.24, 2.45) is 0 Å². The second-order valence-electron chi connectivity index (χ2n) is 3.44. The number of para-hydroxylation sites is 1. The Morgan fingerprint density at radius 3 is 2.47 bits per heavy atom. The van der Waals surface area contributed by atoms with Gasteiger partial charge in [-0.05, 0) is 18.2 Å². The first-order valence-corrected chi connectivity index (χ1v) is 5.67. The summed E-state index contributed by atoms with van der Waals surface area (Å²) in [7, 11) is 1.42. The SMILES string of the molecule is COc1c(F)cccc1-c1ccc(Cl)cc1Cl. The molecular weight excluding hydrogens is 262 g/mol. The molecule has 0 amide bonds. The van der Waals surface area contributed by atoms with E-state index in [0.717, 1.165) is 0 Å². The molecule has 88 valence electrons. The molecule has 2 aromatic carbocycles. The van der Waals surface area contributed by atoms with Crippen molar-refractivity contribution in [1.29, 1.82) is 0 Å². The van der Waals surface area contributed by atoms with E-state index < -0.39 is 5.82 Å². The molecule has 0 aliphatic carbocycles. The molecule has 0 fully saturated rings. The predicted molar refractivity (Wildman–Crippen MR) is 68.4 cm³/mol. The van der Waals surface area contributed by atoms with E-state index in [1.165, 1.54) is 13.2 Å². The maximum atomic E-state index is 13.6. The predicted octanol–water partition coefficient (Wildman–Crippen LogP) is 4.81. The number of halogens is 3. The molecule has 0 aliphatic heterocycles. The van der Waals surface area contributed by atoms with Gasteiger partial charge in [0.2, 0.25) is 0 Å². The van der Waals surface area contributed by atoms with Crippen LogP contribution in [0.25, 0.3) is 11.1 Å². The molecule has 0 spiro atoms. The number of hydrogen-bond acceptors (Lipinski definition) is 1. The highest BCUT2D eigenvalue weighted by atomic mass is 35.5. The van der Waals surface area contributed by atoms with Crippen molar-refractivity contribution >= 4 is 23.2 Å². The van der Waals surface area contributed by atoms with E-state index in [1.54, 1.807) is 30.3 Å². The third-order valence-corrected chi connectivity index (χ3v) is 2.94. The lowest BCUT2D eigenvalue weighted by molar-refractivity contribution is 0.388. The van der Waals surface area contributed by atoms with Crippen molar-refractivity contribution in [2.45, 2.75) is 0 Å². The van der Waals surface area contributed by atoms with Crippen molar-refractivity contribution < 1.29 is 9.13 Å². The molecule has 2 aromatic rings. The van der Waals surface area contributed by atoms with Crippen molar-refractivity contribution in [3.63, 3.8) is 0 Å². The number of rotatable bonds is 2. The Balaban J connectivity index is 2.64. The third kappa shape index (κ3) is 2.38. The van der Waals surface area contributed by atoms with E-state index in [2.05, 4.69) is 0 Å². The highest BCUT2D eigenvalue weighted by molar-refractivity contribution is 6.36. The average molecular weight is 271 g/mol. The van der Waals surface area contributed by atoms with Crippen LogP contribution in [0.15, 0.2) is 36.4 Å². The number of ether oxygens (including phenoxy) is 1. The summed E-state index contributed by atoms with van der Waals surface area (Å²) in [5.74, 6) is -0.243. The minimum absolute atomic E-state index is 0.178. The molecule has 0 saturated heterocycles. The van der Waals surface area contributed by atoms with E-state index in [0.29, 0.717) is 21.2 Å². The van der Waals surface area contributed by atoms with Gasteiger partial charge in [-0.3, -0.25) is 0 Å². The van der Waals surface area contributed by atoms with Crippen LogP contribution in [0.5, 0.6) is 5.75 Å². The highest BCUT2D eigenvalue weighted by Gasteiger charge is 2.13. The van der Waals surface area contributed by atoms with Gasteiger partial charge in [-0.15, -0.1) is 0 Å². The Morgan fingerprint density at radius 1 is 1.06 bits per heavy atom. The zero-order valence-corrected chi connectivity index (χ0v) is 10.5. The van der Waals surface area contributed by atoms with Crippen LogP contribution < -0.4 is 4.74 Å². The summed E-state index contributed by atoms with van der Waals surface area (Å²) >= 11 is 11.9. The summed E-state index contributed by atoms with van der Waals surface area (Å²) in [6, 6.07) is 9.75. The Kier molecular flexibility index (Phi) is 3.55. The maximum Gasteiger partial charge on any atom is 0.165 e. The monoisotopic (exact) mass is 270 g/mol. The first-order valence-electron chi connectivity index (χ1n) is 4.91. The molecule has 0 unspecified atom stereocenters. The summed E-state index contributed by atoms with van der Waals surface area (Å²) in [5.41, 5.74) is 1.29. The van der Waals surface area contributed by atoms with Crippen LogP contribution in [0, 0.1) is 5.82 Å². The molecule has 0 aliphatic rings. The molecular formula is C13H9Cl2FO. The van der Waals surface area contributed by atoms with Crippen LogP contribution in [-0.4, -0.2) is 7.11 Å². The minimum Gasteiger partial charge on any atom is -0.493 e. The topological polar surface area (TPSA) is 9.23 Å².